The van der Waals surface area contributed by atoms with E-state index in [2.05, 4.69) is 34.6 Å². The number of carbonyl (C=O) groups is 3. The highest BCUT2D eigenvalue weighted by Crippen LogP contribution is 2.44. The Kier molecular flexibility index (Phi) is 8.69. The molecule has 178 valence electrons. The Labute approximate surface area is 199 Å². The Bertz CT molecular complexity index is 1060. The zero-order valence-corrected chi connectivity index (χ0v) is 19.5. The number of rotatable bonds is 10. The van der Waals surface area contributed by atoms with Gasteiger partial charge >= 0.3 is 12.1 Å². The number of carboxylic acids is 1. The minimum atomic E-state index is -0.869. The van der Waals surface area contributed by atoms with Gasteiger partial charge in [0.2, 0.25) is 5.91 Å². The standard InChI is InChI=1S/C27H30N2O5/c1-3-4-13-24(26(32)28-16-18(2)14-15-25(30)31)29-27(33)34-17-23-21-11-7-5-9-19(21)20-10-6-8-12-22(20)23/h5-12,18,23-24H,13-17H2,1-2H3,(H,28,32)(H,29,33)(H,30,31). The first-order valence-electron chi connectivity index (χ1n) is 11.4. The van der Waals surface area contributed by atoms with Gasteiger partial charge in [0.1, 0.15) is 12.6 Å². The van der Waals surface area contributed by atoms with Crippen LogP contribution in [0.2, 0.25) is 0 Å². The summed E-state index contributed by atoms with van der Waals surface area (Å²) in [5.74, 6) is 4.24. The lowest BCUT2D eigenvalue weighted by Crippen LogP contribution is -2.47. The van der Waals surface area contributed by atoms with Crippen molar-refractivity contribution >= 4 is 18.0 Å². The zero-order chi connectivity index (χ0) is 24.5. The van der Waals surface area contributed by atoms with Crippen LogP contribution in [0.5, 0.6) is 0 Å². The number of carbonyl (C=O) groups excluding carboxylic acids is 2. The maximum Gasteiger partial charge on any atom is 0.407 e. The van der Waals surface area contributed by atoms with Crippen molar-refractivity contribution in [1.82, 2.24) is 10.6 Å². The van der Waals surface area contributed by atoms with Gasteiger partial charge in [0.05, 0.1) is 0 Å². The molecule has 3 N–H and O–H groups in total. The summed E-state index contributed by atoms with van der Waals surface area (Å²) >= 11 is 0. The molecule has 1 aliphatic rings. The maximum atomic E-state index is 12.6. The second-order valence-corrected chi connectivity index (χ2v) is 8.44. The van der Waals surface area contributed by atoms with E-state index < -0.39 is 18.1 Å². The van der Waals surface area contributed by atoms with E-state index in [4.69, 9.17) is 9.84 Å². The van der Waals surface area contributed by atoms with Gasteiger partial charge in [0.15, 0.2) is 0 Å². The summed E-state index contributed by atoms with van der Waals surface area (Å²) < 4.78 is 5.55. The summed E-state index contributed by atoms with van der Waals surface area (Å²) in [6.07, 6.45) is -0.0381. The molecule has 0 aliphatic heterocycles. The van der Waals surface area contributed by atoms with E-state index in [9.17, 15) is 14.4 Å². The van der Waals surface area contributed by atoms with Gasteiger partial charge in [-0.15, -0.1) is 11.8 Å². The van der Waals surface area contributed by atoms with E-state index in [1.54, 1.807) is 6.92 Å². The first-order valence-corrected chi connectivity index (χ1v) is 11.4. The first kappa shape index (κ1) is 24.8. The molecule has 0 radical (unpaired) electrons. The van der Waals surface area contributed by atoms with Crippen molar-refractivity contribution in [2.45, 2.75) is 45.1 Å². The molecule has 0 saturated heterocycles. The summed E-state index contributed by atoms with van der Waals surface area (Å²) in [5, 5.41) is 14.2. The predicted octanol–water partition coefficient (Wildman–Crippen LogP) is 3.92. The maximum absolute atomic E-state index is 12.6. The first-order chi connectivity index (χ1) is 16.4. The third-order valence-corrected chi connectivity index (χ3v) is 5.91. The summed E-state index contributed by atoms with van der Waals surface area (Å²) in [5.41, 5.74) is 4.50. The highest BCUT2D eigenvalue weighted by atomic mass is 16.5. The van der Waals surface area contributed by atoms with Gasteiger partial charge in [-0.3, -0.25) is 9.59 Å². The molecule has 34 heavy (non-hydrogen) atoms. The molecule has 0 aromatic heterocycles. The minimum absolute atomic E-state index is 0.00702. The third kappa shape index (κ3) is 6.38. The second-order valence-electron chi connectivity index (χ2n) is 8.44. The molecular formula is C27H30N2O5. The van der Waals surface area contributed by atoms with Crippen LogP contribution in [0.25, 0.3) is 11.1 Å². The van der Waals surface area contributed by atoms with Gasteiger partial charge < -0.3 is 20.5 Å². The van der Waals surface area contributed by atoms with Crippen molar-refractivity contribution in [1.29, 1.82) is 0 Å². The molecule has 0 fully saturated rings. The largest absolute Gasteiger partial charge is 0.481 e. The van der Waals surface area contributed by atoms with E-state index in [1.807, 2.05) is 43.3 Å². The summed E-state index contributed by atoms with van der Waals surface area (Å²) in [6, 6.07) is 15.3. The Morgan fingerprint density at radius 2 is 1.68 bits per heavy atom. The number of alkyl carbamates (subject to hydrolysis) is 1. The van der Waals surface area contributed by atoms with Crippen LogP contribution >= 0.6 is 0 Å². The molecule has 0 spiro atoms. The lowest BCUT2D eigenvalue weighted by Gasteiger charge is -2.19. The van der Waals surface area contributed by atoms with Crippen LogP contribution in [0.1, 0.15) is 50.2 Å². The quantitative estimate of drug-likeness (QED) is 0.464. The normalized spacial score (nSPS) is 13.5. The summed E-state index contributed by atoms with van der Waals surface area (Å²) in [4.78, 5) is 36.0. The van der Waals surface area contributed by atoms with Crippen LogP contribution < -0.4 is 10.6 Å². The molecule has 0 bridgehead atoms. The molecule has 1 aliphatic carbocycles. The molecule has 7 heteroatoms. The monoisotopic (exact) mass is 462 g/mol. The van der Waals surface area contributed by atoms with Crippen molar-refractivity contribution in [3.8, 4) is 23.0 Å². The molecule has 7 nitrogen and oxygen atoms in total. The number of ether oxygens (including phenoxy) is 1. The molecule has 2 aromatic rings. The van der Waals surface area contributed by atoms with Gasteiger partial charge in [-0.05, 0) is 41.5 Å². The van der Waals surface area contributed by atoms with Crippen LogP contribution in [-0.4, -0.2) is 42.3 Å². The average Bonchev–Trinajstić information content (AvgIpc) is 3.16. The highest BCUT2D eigenvalue weighted by molar-refractivity contribution is 5.86. The lowest BCUT2D eigenvalue weighted by atomic mass is 9.98. The number of carboxylic acid groups (broad SMARTS) is 1. The smallest absolute Gasteiger partial charge is 0.407 e. The topological polar surface area (TPSA) is 105 Å². The number of aliphatic carboxylic acids is 1. The fourth-order valence-electron chi connectivity index (χ4n) is 4.07. The van der Waals surface area contributed by atoms with Crippen LogP contribution in [-0.2, 0) is 14.3 Å². The lowest BCUT2D eigenvalue weighted by molar-refractivity contribution is -0.137. The van der Waals surface area contributed by atoms with Crippen LogP contribution in [0, 0.1) is 17.8 Å². The number of amides is 2. The van der Waals surface area contributed by atoms with Crippen molar-refractivity contribution in [2.24, 2.45) is 5.92 Å². The van der Waals surface area contributed by atoms with E-state index in [1.165, 1.54) is 0 Å². The van der Waals surface area contributed by atoms with Crippen molar-refractivity contribution < 1.29 is 24.2 Å². The number of hydrogen-bond donors (Lipinski definition) is 3. The molecule has 2 atom stereocenters. The van der Waals surface area contributed by atoms with Crippen molar-refractivity contribution in [3.05, 3.63) is 59.7 Å². The molecule has 0 saturated carbocycles. The Hall–Kier alpha value is -3.79. The average molecular weight is 463 g/mol. The van der Waals surface area contributed by atoms with Gasteiger partial charge in [-0.1, -0.05) is 55.5 Å². The van der Waals surface area contributed by atoms with Gasteiger partial charge in [0.25, 0.3) is 0 Å². The van der Waals surface area contributed by atoms with Crippen molar-refractivity contribution in [3.63, 3.8) is 0 Å². The van der Waals surface area contributed by atoms with Crippen LogP contribution in [0.15, 0.2) is 48.5 Å². The Morgan fingerprint density at radius 1 is 1.06 bits per heavy atom. The Morgan fingerprint density at radius 3 is 2.26 bits per heavy atom. The molecule has 2 amide bonds. The minimum Gasteiger partial charge on any atom is -0.481 e. The zero-order valence-electron chi connectivity index (χ0n) is 19.5. The number of benzene rings is 2. The van der Waals surface area contributed by atoms with Gasteiger partial charge in [-0.2, -0.15) is 0 Å². The predicted molar refractivity (Wildman–Crippen MR) is 129 cm³/mol. The second kappa shape index (κ2) is 11.9. The fraction of sp³-hybridized carbons (Fsp3) is 0.370. The molecule has 0 heterocycles. The SMILES string of the molecule is CC#CCC(NC(=O)OCC1c2ccccc2-c2ccccc21)C(=O)NCC(C)CCC(=O)O. The number of fused-ring (bicyclic) bond motifs is 3. The molecule has 2 aromatic carbocycles. The molecular weight excluding hydrogens is 432 g/mol. The highest BCUT2D eigenvalue weighted by Gasteiger charge is 2.29. The van der Waals surface area contributed by atoms with E-state index in [0.29, 0.717) is 13.0 Å². The van der Waals surface area contributed by atoms with Crippen LogP contribution in [0.4, 0.5) is 4.79 Å². The van der Waals surface area contributed by atoms with Crippen molar-refractivity contribution in [2.75, 3.05) is 13.2 Å². The molecule has 2 unspecified atom stereocenters. The van der Waals surface area contributed by atoms with E-state index in [0.717, 1.165) is 22.3 Å². The number of nitrogens with one attached hydrogen (secondary N) is 2. The number of hydrogen-bond acceptors (Lipinski definition) is 4. The van der Waals surface area contributed by atoms with E-state index >= 15 is 0 Å². The summed E-state index contributed by atoms with van der Waals surface area (Å²) in [6.45, 7) is 3.99. The third-order valence-electron chi connectivity index (χ3n) is 5.91. The molecule has 3 rings (SSSR count). The summed E-state index contributed by atoms with van der Waals surface area (Å²) in [7, 11) is 0. The Balaban J connectivity index is 1.58. The van der Waals surface area contributed by atoms with Gasteiger partial charge in [-0.25, -0.2) is 4.79 Å². The fourth-order valence-corrected chi connectivity index (χ4v) is 4.07. The van der Waals surface area contributed by atoms with E-state index in [-0.39, 0.29) is 37.2 Å². The van der Waals surface area contributed by atoms with Gasteiger partial charge in [0, 0.05) is 25.3 Å². The van der Waals surface area contributed by atoms with Crippen LogP contribution in [0.3, 0.4) is 0 Å².